The van der Waals surface area contributed by atoms with Gasteiger partial charge in [0.25, 0.3) is 0 Å². The van der Waals surface area contributed by atoms with Gasteiger partial charge in [0.15, 0.2) is 0 Å². The number of nitrogens with zero attached hydrogens (tertiary/aromatic N) is 1. The van der Waals surface area contributed by atoms with Gasteiger partial charge in [0.1, 0.15) is 0 Å². The Bertz CT molecular complexity index is 331. The minimum Gasteiger partial charge on any atom is -0.399 e. The molecule has 2 N–H and O–H groups in total. The molecular weight excluding hydrogens is 172 g/mol. The van der Waals surface area contributed by atoms with Gasteiger partial charge >= 0.3 is 0 Å². The van der Waals surface area contributed by atoms with Gasteiger partial charge in [-0.3, -0.25) is 4.90 Å². The molecular formula is C12H16N2. The fourth-order valence-corrected chi connectivity index (χ4v) is 1.78. The summed E-state index contributed by atoms with van der Waals surface area (Å²) < 4.78 is 0. The van der Waals surface area contributed by atoms with Crippen LogP contribution in [0.25, 0.3) is 0 Å². The van der Waals surface area contributed by atoms with Crippen molar-refractivity contribution in [2.24, 2.45) is 0 Å². The Morgan fingerprint density at radius 2 is 2.21 bits per heavy atom. The minimum atomic E-state index is 0.857. The SMILES string of the molecule is Nc1cccc(CN2CC=CCC2)c1. The van der Waals surface area contributed by atoms with Crippen molar-refractivity contribution in [3.8, 4) is 0 Å². The Labute approximate surface area is 85.0 Å². The second-order valence-electron chi connectivity index (χ2n) is 3.74. The summed E-state index contributed by atoms with van der Waals surface area (Å²) in [6, 6.07) is 8.14. The molecule has 1 aliphatic heterocycles. The van der Waals surface area contributed by atoms with Crippen LogP contribution in [0.2, 0.25) is 0 Å². The number of anilines is 1. The lowest BCUT2D eigenvalue weighted by atomic mass is 10.1. The highest BCUT2D eigenvalue weighted by Crippen LogP contribution is 2.11. The molecule has 0 aliphatic carbocycles. The van der Waals surface area contributed by atoms with Gasteiger partial charge in [-0.15, -0.1) is 0 Å². The first-order valence-electron chi connectivity index (χ1n) is 5.06. The molecule has 0 saturated carbocycles. The molecule has 1 heterocycles. The summed E-state index contributed by atoms with van der Waals surface area (Å²) in [7, 11) is 0. The van der Waals surface area contributed by atoms with Crippen molar-refractivity contribution < 1.29 is 0 Å². The maximum absolute atomic E-state index is 5.73. The lowest BCUT2D eigenvalue weighted by Crippen LogP contribution is -2.26. The summed E-state index contributed by atoms with van der Waals surface area (Å²) in [6.45, 7) is 3.23. The molecule has 0 aromatic heterocycles. The third kappa shape index (κ3) is 2.36. The van der Waals surface area contributed by atoms with E-state index in [0.29, 0.717) is 0 Å². The molecule has 2 nitrogen and oxygen atoms in total. The quantitative estimate of drug-likeness (QED) is 0.568. The number of hydrogen-bond acceptors (Lipinski definition) is 2. The number of benzene rings is 1. The van der Waals surface area contributed by atoms with E-state index in [0.717, 1.165) is 25.3 Å². The first kappa shape index (κ1) is 9.28. The lowest BCUT2D eigenvalue weighted by Gasteiger charge is -2.22. The van der Waals surface area contributed by atoms with E-state index in [-0.39, 0.29) is 0 Å². The molecule has 2 rings (SSSR count). The highest BCUT2D eigenvalue weighted by atomic mass is 15.1. The summed E-state index contributed by atoms with van der Waals surface area (Å²) in [5, 5.41) is 0. The molecule has 0 spiro atoms. The van der Waals surface area contributed by atoms with Crippen LogP contribution < -0.4 is 5.73 Å². The van der Waals surface area contributed by atoms with Crippen LogP contribution in [0.5, 0.6) is 0 Å². The van der Waals surface area contributed by atoms with Crippen molar-refractivity contribution in [1.82, 2.24) is 4.90 Å². The fraction of sp³-hybridized carbons (Fsp3) is 0.333. The zero-order valence-electron chi connectivity index (χ0n) is 8.32. The van der Waals surface area contributed by atoms with Crippen LogP contribution in [0, 0.1) is 0 Å². The van der Waals surface area contributed by atoms with E-state index in [9.17, 15) is 0 Å². The van der Waals surface area contributed by atoms with Crippen molar-refractivity contribution >= 4 is 5.69 Å². The Balaban J connectivity index is 1.99. The standard InChI is InChI=1S/C12H16N2/c13-12-6-4-5-11(9-12)10-14-7-2-1-3-8-14/h1-2,4-6,9H,3,7-8,10,13H2. The zero-order valence-corrected chi connectivity index (χ0v) is 8.32. The van der Waals surface area contributed by atoms with Crippen molar-refractivity contribution in [1.29, 1.82) is 0 Å². The molecule has 0 radical (unpaired) electrons. The molecule has 0 fully saturated rings. The van der Waals surface area contributed by atoms with E-state index in [1.807, 2.05) is 12.1 Å². The van der Waals surface area contributed by atoms with E-state index >= 15 is 0 Å². The number of hydrogen-bond donors (Lipinski definition) is 1. The molecule has 0 saturated heterocycles. The number of nitrogen functional groups attached to an aromatic ring is 1. The van der Waals surface area contributed by atoms with Gasteiger partial charge in [0.05, 0.1) is 0 Å². The average Bonchev–Trinajstić information content (AvgIpc) is 2.19. The first-order chi connectivity index (χ1) is 6.84. The maximum atomic E-state index is 5.73. The number of rotatable bonds is 2. The van der Waals surface area contributed by atoms with Crippen LogP contribution in [-0.4, -0.2) is 18.0 Å². The van der Waals surface area contributed by atoms with Gasteiger partial charge in [0.2, 0.25) is 0 Å². The third-order valence-electron chi connectivity index (χ3n) is 2.50. The second kappa shape index (κ2) is 4.29. The van der Waals surface area contributed by atoms with E-state index in [1.54, 1.807) is 0 Å². The largest absolute Gasteiger partial charge is 0.399 e. The Kier molecular flexibility index (Phi) is 2.84. The van der Waals surface area contributed by atoms with E-state index in [2.05, 4.69) is 29.2 Å². The topological polar surface area (TPSA) is 29.3 Å². The van der Waals surface area contributed by atoms with Crippen LogP contribution >= 0.6 is 0 Å². The Morgan fingerprint density at radius 1 is 1.29 bits per heavy atom. The number of nitrogens with two attached hydrogens (primary N) is 1. The van der Waals surface area contributed by atoms with E-state index < -0.39 is 0 Å². The lowest BCUT2D eigenvalue weighted by molar-refractivity contribution is 0.291. The minimum absolute atomic E-state index is 0.857. The maximum Gasteiger partial charge on any atom is 0.0317 e. The van der Waals surface area contributed by atoms with Crippen LogP contribution in [0.15, 0.2) is 36.4 Å². The van der Waals surface area contributed by atoms with Gasteiger partial charge in [-0.25, -0.2) is 0 Å². The third-order valence-corrected chi connectivity index (χ3v) is 2.50. The van der Waals surface area contributed by atoms with Crippen molar-refractivity contribution in [3.63, 3.8) is 0 Å². The summed E-state index contributed by atoms with van der Waals surface area (Å²) in [6.07, 6.45) is 5.65. The molecule has 2 heteroatoms. The first-order valence-corrected chi connectivity index (χ1v) is 5.06. The summed E-state index contributed by atoms with van der Waals surface area (Å²) in [5.41, 5.74) is 7.89. The predicted molar refractivity (Wildman–Crippen MR) is 59.9 cm³/mol. The van der Waals surface area contributed by atoms with Crippen LogP contribution in [0.4, 0.5) is 5.69 Å². The van der Waals surface area contributed by atoms with E-state index in [1.165, 1.54) is 12.0 Å². The normalized spacial score (nSPS) is 17.1. The van der Waals surface area contributed by atoms with Crippen LogP contribution in [0.1, 0.15) is 12.0 Å². The fourth-order valence-electron chi connectivity index (χ4n) is 1.78. The van der Waals surface area contributed by atoms with Crippen molar-refractivity contribution in [3.05, 3.63) is 42.0 Å². The molecule has 1 aromatic rings. The monoisotopic (exact) mass is 188 g/mol. The second-order valence-corrected chi connectivity index (χ2v) is 3.74. The molecule has 1 aromatic carbocycles. The van der Waals surface area contributed by atoms with E-state index in [4.69, 9.17) is 5.73 Å². The van der Waals surface area contributed by atoms with Gasteiger partial charge in [-0.2, -0.15) is 0 Å². The molecule has 0 atom stereocenters. The van der Waals surface area contributed by atoms with Crippen molar-refractivity contribution in [2.45, 2.75) is 13.0 Å². The predicted octanol–water partition coefficient (Wildman–Crippen LogP) is 2.03. The molecule has 14 heavy (non-hydrogen) atoms. The Morgan fingerprint density at radius 3 is 2.93 bits per heavy atom. The highest BCUT2D eigenvalue weighted by Gasteiger charge is 2.06. The Hall–Kier alpha value is -1.28. The van der Waals surface area contributed by atoms with Gasteiger partial charge in [-0.05, 0) is 24.1 Å². The van der Waals surface area contributed by atoms with Gasteiger partial charge in [0, 0.05) is 25.3 Å². The highest BCUT2D eigenvalue weighted by molar-refractivity contribution is 5.40. The molecule has 0 bridgehead atoms. The summed E-state index contributed by atoms with van der Waals surface area (Å²) in [5.74, 6) is 0. The summed E-state index contributed by atoms with van der Waals surface area (Å²) in [4.78, 5) is 2.43. The van der Waals surface area contributed by atoms with Gasteiger partial charge < -0.3 is 5.73 Å². The molecule has 74 valence electrons. The van der Waals surface area contributed by atoms with Crippen LogP contribution in [0.3, 0.4) is 0 Å². The summed E-state index contributed by atoms with van der Waals surface area (Å²) >= 11 is 0. The van der Waals surface area contributed by atoms with Crippen LogP contribution in [-0.2, 0) is 6.54 Å². The molecule has 0 unspecified atom stereocenters. The van der Waals surface area contributed by atoms with Gasteiger partial charge in [-0.1, -0.05) is 24.3 Å². The molecule has 1 aliphatic rings. The average molecular weight is 188 g/mol. The molecule has 0 amide bonds. The zero-order chi connectivity index (χ0) is 9.80. The van der Waals surface area contributed by atoms with Crippen molar-refractivity contribution in [2.75, 3.05) is 18.8 Å². The smallest absolute Gasteiger partial charge is 0.0317 e.